The number of thiophene rings is 1. The minimum absolute atomic E-state index is 0.0985. The van der Waals surface area contributed by atoms with Gasteiger partial charge in [-0.05, 0) is 50.7 Å². The lowest BCUT2D eigenvalue weighted by Gasteiger charge is -2.21. The summed E-state index contributed by atoms with van der Waals surface area (Å²) in [4.78, 5) is 31.1. The topological polar surface area (TPSA) is 101 Å². The summed E-state index contributed by atoms with van der Waals surface area (Å²) in [5.41, 5.74) is 0.812. The summed E-state index contributed by atoms with van der Waals surface area (Å²) in [6.07, 6.45) is 7.20. The number of aromatic nitrogens is 1. The molecule has 1 aliphatic carbocycles. The second-order valence-electron chi connectivity index (χ2n) is 8.24. The standard InChI is InChI=1S/C25H27N3O4S/c26-14-8-1-2-9-15-27-25(30)32-21-19-16-17-10-6-7-13-20(17)28-23(19)33-22(21)24(29)31-18-11-4-3-5-12-18/h6-7,10,13,16,18H,1-5,8-9,11-12,15H2,(H,27,30). The predicted molar refractivity (Wildman–Crippen MR) is 128 cm³/mol. The monoisotopic (exact) mass is 465 g/mol. The van der Waals surface area contributed by atoms with Crippen LogP contribution < -0.4 is 10.1 Å². The molecular formula is C25H27N3O4S. The lowest BCUT2D eigenvalue weighted by atomic mass is 9.98. The van der Waals surface area contributed by atoms with Gasteiger partial charge in [-0.15, -0.1) is 11.3 Å². The molecule has 7 nitrogen and oxygen atoms in total. The van der Waals surface area contributed by atoms with Crippen molar-refractivity contribution >= 4 is 44.5 Å². The van der Waals surface area contributed by atoms with Gasteiger partial charge in [-0.2, -0.15) is 5.26 Å². The van der Waals surface area contributed by atoms with Crippen LogP contribution in [-0.2, 0) is 4.74 Å². The Bertz CT molecular complexity index is 1180. The molecule has 2 aromatic heterocycles. The van der Waals surface area contributed by atoms with Crippen molar-refractivity contribution in [2.24, 2.45) is 0 Å². The summed E-state index contributed by atoms with van der Waals surface area (Å²) < 4.78 is 11.4. The molecule has 0 spiro atoms. The van der Waals surface area contributed by atoms with Crippen molar-refractivity contribution in [1.82, 2.24) is 10.3 Å². The Hall–Kier alpha value is -3.18. The molecule has 1 amide bonds. The maximum atomic E-state index is 13.1. The lowest BCUT2D eigenvalue weighted by Crippen LogP contribution is -2.28. The number of carbonyl (C=O) groups is 2. The van der Waals surface area contributed by atoms with Gasteiger partial charge in [-0.25, -0.2) is 14.6 Å². The highest BCUT2D eigenvalue weighted by molar-refractivity contribution is 7.20. The highest BCUT2D eigenvalue weighted by atomic mass is 32.1. The Morgan fingerprint density at radius 3 is 2.79 bits per heavy atom. The summed E-state index contributed by atoms with van der Waals surface area (Å²) in [6, 6.07) is 11.7. The van der Waals surface area contributed by atoms with E-state index in [1.54, 1.807) is 0 Å². The molecule has 0 unspecified atom stereocenters. The van der Waals surface area contributed by atoms with E-state index >= 15 is 0 Å². The zero-order chi connectivity index (χ0) is 23.0. The number of ether oxygens (including phenoxy) is 2. The molecule has 172 valence electrons. The van der Waals surface area contributed by atoms with Gasteiger partial charge in [-0.1, -0.05) is 31.0 Å². The largest absolute Gasteiger partial charge is 0.458 e. The maximum Gasteiger partial charge on any atom is 0.412 e. The SMILES string of the molecule is N#CCCCCCNC(=O)Oc1c(C(=O)OC2CCCCC2)sc2nc3ccccc3cc12. The summed E-state index contributed by atoms with van der Waals surface area (Å²) >= 11 is 1.19. The number of amides is 1. The molecule has 0 radical (unpaired) electrons. The van der Waals surface area contributed by atoms with E-state index in [-0.39, 0.29) is 16.7 Å². The van der Waals surface area contributed by atoms with Gasteiger partial charge in [0.25, 0.3) is 0 Å². The number of benzene rings is 1. The van der Waals surface area contributed by atoms with E-state index in [0.717, 1.165) is 55.8 Å². The number of para-hydroxylation sites is 1. The van der Waals surface area contributed by atoms with Crippen LogP contribution in [0.5, 0.6) is 5.75 Å². The number of nitriles is 1. The molecule has 0 aliphatic heterocycles. The fourth-order valence-corrected chi connectivity index (χ4v) is 5.03. The fraction of sp³-hybridized carbons (Fsp3) is 0.440. The molecule has 2 heterocycles. The third-order valence-corrected chi connectivity index (χ3v) is 6.84. The van der Waals surface area contributed by atoms with Crippen LogP contribution in [0.15, 0.2) is 30.3 Å². The molecular weight excluding hydrogens is 438 g/mol. The molecule has 0 atom stereocenters. The summed E-state index contributed by atoms with van der Waals surface area (Å²) in [7, 11) is 0. The van der Waals surface area contributed by atoms with E-state index < -0.39 is 12.1 Å². The van der Waals surface area contributed by atoms with Gasteiger partial charge < -0.3 is 14.8 Å². The molecule has 4 rings (SSSR count). The maximum absolute atomic E-state index is 13.1. The number of nitrogens with zero attached hydrogens (tertiary/aromatic N) is 2. The van der Waals surface area contributed by atoms with Crippen LogP contribution in [0.2, 0.25) is 0 Å². The zero-order valence-corrected chi connectivity index (χ0v) is 19.3. The minimum atomic E-state index is -0.616. The Kier molecular flexibility index (Phi) is 7.74. The van der Waals surface area contributed by atoms with Gasteiger partial charge in [0.1, 0.15) is 10.9 Å². The number of pyridine rings is 1. The van der Waals surface area contributed by atoms with Crippen molar-refractivity contribution in [1.29, 1.82) is 5.26 Å². The Balaban J connectivity index is 1.55. The quantitative estimate of drug-likeness (QED) is 0.318. The third kappa shape index (κ3) is 5.79. The van der Waals surface area contributed by atoms with Crippen LogP contribution >= 0.6 is 11.3 Å². The number of fused-ring (bicyclic) bond motifs is 2. The molecule has 1 saturated carbocycles. The molecule has 0 saturated heterocycles. The third-order valence-electron chi connectivity index (χ3n) is 5.78. The van der Waals surface area contributed by atoms with Crippen LogP contribution in [0, 0.1) is 11.3 Å². The highest BCUT2D eigenvalue weighted by Crippen LogP contribution is 2.39. The number of esters is 1. The Morgan fingerprint density at radius 2 is 1.97 bits per heavy atom. The molecule has 8 heteroatoms. The molecule has 3 aromatic rings. The normalized spacial score (nSPS) is 14.2. The number of rotatable bonds is 8. The van der Waals surface area contributed by atoms with Gasteiger partial charge in [-0.3, -0.25) is 0 Å². The summed E-state index contributed by atoms with van der Waals surface area (Å²) in [5.74, 6) is -0.260. The molecule has 1 aromatic carbocycles. The van der Waals surface area contributed by atoms with Crippen LogP contribution in [0.4, 0.5) is 4.79 Å². The van der Waals surface area contributed by atoms with E-state index in [4.69, 9.17) is 14.7 Å². The van der Waals surface area contributed by atoms with E-state index in [1.165, 1.54) is 17.8 Å². The van der Waals surface area contributed by atoms with Crippen LogP contribution in [0.1, 0.15) is 67.5 Å². The van der Waals surface area contributed by atoms with Gasteiger partial charge in [0.15, 0.2) is 10.6 Å². The number of carbonyl (C=O) groups excluding carboxylic acids is 2. The van der Waals surface area contributed by atoms with Crippen LogP contribution in [0.25, 0.3) is 21.1 Å². The number of unbranched alkanes of at least 4 members (excludes halogenated alkanes) is 3. The fourth-order valence-electron chi connectivity index (χ4n) is 4.05. The zero-order valence-electron chi connectivity index (χ0n) is 18.5. The van der Waals surface area contributed by atoms with Gasteiger partial charge in [0.2, 0.25) is 0 Å². The van der Waals surface area contributed by atoms with Gasteiger partial charge >= 0.3 is 12.1 Å². The van der Waals surface area contributed by atoms with Crippen LogP contribution in [-0.4, -0.2) is 29.7 Å². The van der Waals surface area contributed by atoms with E-state index in [0.29, 0.717) is 23.2 Å². The van der Waals surface area contributed by atoms with Gasteiger partial charge in [0, 0.05) is 18.4 Å². The first-order valence-corrected chi connectivity index (χ1v) is 12.3. The minimum Gasteiger partial charge on any atom is -0.458 e. The number of hydrogen-bond acceptors (Lipinski definition) is 7. The molecule has 33 heavy (non-hydrogen) atoms. The molecule has 1 aliphatic rings. The van der Waals surface area contributed by atoms with E-state index in [1.807, 2.05) is 30.3 Å². The van der Waals surface area contributed by atoms with Gasteiger partial charge in [0.05, 0.1) is 17.0 Å². The first kappa shape index (κ1) is 23.0. The lowest BCUT2D eigenvalue weighted by molar-refractivity contribution is 0.0215. The number of hydrogen-bond donors (Lipinski definition) is 1. The van der Waals surface area contributed by atoms with E-state index in [2.05, 4.69) is 16.4 Å². The van der Waals surface area contributed by atoms with E-state index in [9.17, 15) is 9.59 Å². The first-order chi connectivity index (χ1) is 16.2. The van der Waals surface area contributed by atoms with Crippen molar-refractivity contribution in [2.75, 3.05) is 6.54 Å². The van der Waals surface area contributed by atoms with Crippen LogP contribution in [0.3, 0.4) is 0 Å². The summed E-state index contributed by atoms with van der Waals surface area (Å²) in [5, 5.41) is 12.9. The average molecular weight is 466 g/mol. The van der Waals surface area contributed by atoms with Crippen molar-refractivity contribution in [3.05, 3.63) is 35.2 Å². The predicted octanol–water partition coefficient (Wildman–Crippen LogP) is 6.11. The van der Waals surface area contributed by atoms with Crippen molar-refractivity contribution in [3.8, 4) is 11.8 Å². The van der Waals surface area contributed by atoms with Crippen molar-refractivity contribution in [3.63, 3.8) is 0 Å². The average Bonchev–Trinajstić information content (AvgIpc) is 3.17. The smallest absolute Gasteiger partial charge is 0.412 e. The van der Waals surface area contributed by atoms with Crippen molar-refractivity contribution < 1.29 is 19.1 Å². The highest BCUT2D eigenvalue weighted by Gasteiger charge is 2.27. The Morgan fingerprint density at radius 1 is 1.15 bits per heavy atom. The second kappa shape index (κ2) is 11.1. The summed E-state index contributed by atoms with van der Waals surface area (Å²) in [6.45, 7) is 0.440. The number of nitrogens with one attached hydrogen (secondary N) is 1. The first-order valence-electron chi connectivity index (χ1n) is 11.5. The molecule has 1 N–H and O–H groups in total. The van der Waals surface area contributed by atoms with Crippen molar-refractivity contribution in [2.45, 2.75) is 63.9 Å². The second-order valence-corrected chi connectivity index (χ2v) is 9.24. The molecule has 1 fully saturated rings. The Labute approximate surface area is 196 Å². The molecule has 0 bridgehead atoms.